The minimum Gasteiger partial charge on any atom is -0.339 e. The summed E-state index contributed by atoms with van der Waals surface area (Å²) >= 11 is 0. The van der Waals surface area contributed by atoms with Gasteiger partial charge in [-0.1, -0.05) is 13.8 Å². The van der Waals surface area contributed by atoms with Crippen LogP contribution >= 0.6 is 0 Å². The van der Waals surface area contributed by atoms with Crippen molar-refractivity contribution in [3.63, 3.8) is 0 Å². The minimum atomic E-state index is 0.153. The molecule has 1 fully saturated rings. The molecule has 98 valence electrons. The highest BCUT2D eigenvalue weighted by Gasteiger charge is 2.23. The maximum atomic E-state index is 12.2. The standard InChI is InChI=1S/C15H22N2O/c1-12(2)11-13-5-9-17(10-6-13)15(18)14-3-7-16-8-4-14/h3-4,7-8,12-13H,5-6,9-11H2,1-2H3. The number of pyridine rings is 1. The molecule has 0 unspecified atom stereocenters. The molecule has 0 aromatic carbocycles. The second-order valence-electron chi connectivity index (χ2n) is 5.60. The van der Waals surface area contributed by atoms with E-state index in [-0.39, 0.29) is 5.91 Å². The summed E-state index contributed by atoms with van der Waals surface area (Å²) in [5.41, 5.74) is 0.757. The van der Waals surface area contributed by atoms with Gasteiger partial charge in [0.2, 0.25) is 0 Å². The second kappa shape index (κ2) is 5.98. The average Bonchev–Trinajstić information content (AvgIpc) is 2.39. The van der Waals surface area contributed by atoms with Crippen LogP contribution in [0.25, 0.3) is 0 Å². The van der Waals surface area contributed by atoms with Gasteiger partial charge in [0.1, 0.15) is 0 Å². The Bertz CT molecular complexity index is 381. The number of carbonyl (C=O) groups is 1. The van der Waals surface area contributed by atoms with Gasteiger partial charge in [-0.25, -0.2) is 0 Å². The van der Waals surface area contributed by atoms with Crippen molar-refractivity contribution in [2.24, 2.45) is 11.8 Å². The summed E-state index contributed by atoms with van der Waals surface area (Å²) in [5, 5.41) is 0. The van der Waals surface area contributed by atoms with Gasteiger partial charge < -0.3 is 4.90 Å². The molecule has 0 aliphatic carbocycles. The van der Waals surface area contributed by atoms with Crippen LogP contribution in [0.2, 0.25) is 0 Å². The summed E-state index contributed by atoms with van der Waals surface area (Å²) in [5.74, 6) is 1.71. The number of rotatable bonds is 3. The molecule has 0 atom stereocenters. The third-order valence-electron chi connectivity index (χ3n) is 3.63. The monoisotopic (exact) mass is 246 g/mol. The van der Waals surface area contributed by atoms with E-state index in [1.165, 1.54) is 6.42 Å². The second-order valence-corrected chi connectivity index (χ2v) is 5.60. The molecule has 0 radical (unpaired) electrons. The fraction of sp³-hybridized carbons (Fsp3) is 0.600. The molecule has 2 heterocycles. The topological polar surface area (TPSA) is 33.2 Å². The number of piperidine rings is 1. The molecular formula is C15H22N2O. The largest absolute Gasteiger partial charge is 0.339 e. The van der Waals surface area contributed by atoms with Gasteiger partial charge >= 0.3 is 0 Å². The number of hydrogen-bond donors (Lipinski definition) is 0. The van der Waals surface area contributed by atoms with Crippen LogP contribution in [0.5, 0.6) is 0 Å². The fourth-order valence-corrected chi connectivity index (χ4v) is 2.72. The molecule has 1 amide bonds. The van der Waals surface area contributed by atoms with Gasteiger partial charge in [0, 0.05) is 31.0 Å². The molecular weight excluding hydrogens is 224 g/mol. The molecule has 1 saturated heterocycles. The van der Waals surface area contributed by atoms with Crippen molar-refractivity contribution in [1.82, 2.24) is 9.88 Å². The van der Waals surface area contributed by atoms with E-state index >= 15 is 0 Å². The van der Waals surface area contributed by atoms with Crippen LogP contribution < -0.4 is 0 Å². The zero-order valence-corrected chi connectivity index (χ0v) is 11.3. The van der Waals surface area contributed by atoms with Crippen molar-refractivity contribution in [3.05, 3.63) is 30.1 Å². The van der Waals surface area contributed by atoms with Crippen molar-refractivity contribution in [2.75, 3.05) is 13.1 Å². The summed E-state index contributed by atoms with van der Waals surface area (Å²) in [7, 11) is 0. The Labute approximate surface area is 109 Å². The zero-order chi connectivity index (χ0) is 13.0. The zero-order valence-electron chi connectivity index (χ0n) is 11.3. The SMILES string of the molecule is CC(C)CC1CCN(C(=O)c2ccncc2)CC1. The third kappa shape index (κ3) is 3.31. The van der Waals surface area contributed by atoms with Gasteiger partial charge in [0.05, 0.1) is 0 Å². The maximum Gasteiger partial charge on any atom is 0.253 e. The van der Waals surface area contributed by atoms with Gasteiger partial charge in [-0.3, -0.25) is 9.78 Å². The molecule has 1 aromatic heterocycles. The number of carbonyl (C=O) groups excluding carboxylic acids is 1. The first-order chi connectivity index (χ1) is 8.66. The summed E-state index contributed by atoms with van der Waals surface area (Å²) in [6.45, 7) is 6.35. The first kappa shape index (κ1) is 13.1. The van der Waals surface area contributed by atoms with E-state index in [9.17, 15) is 4.79 Å². The van der Waals surface area contributed by atoms with Crippen LogP contribution in [0.15, 0.2) is 24.5 Å². The number of amides is 1. The van der Waals surface area contributed by atoms with Gasteiger partial charge in [0.15, 0.2) is 0 Å². The predicted octanol–water partition coefficient (Wildman–Crippen LogP) is 2.98. The van der Waals surface area contributed by atoms with E-state index in [0.717, 1.165) is 43.3 Å². The third-order valence-corrected chi connectivity index (χ3v) is 3.63. The van der Waals surface area contributed by atoms with Crippen molar-refractivity contribution in [2.45, 2.75) is 33.1 Å². The summed E-state index contributed by atoms with van der Waals surface area (Å²) < 4.78 is 0. The summed E-state index contributed by atoms with van der Waals surface area (Å²) in [6.07, 6.45) is 6.94. The van der Waals surface area contributed by atoms with Gasteiger partial charge in [-0.15, -0.1) is 0 Å². The van der Waals surface area contributed by atoms with Crippen molar-refractivity contribution in [1.29, 1.82) is 0 Å². The smallest absolute Gasteiger partial charge is 0.253 e. The number of aromatic nitrogens is 1. The van der Waals surface area contributed by atoms with E-state index in [0.29, 0.717) is 0 Å². The molecule has 18 heavy (non-hydrogen) atoms. The Morgan fingerprint density at radius 2 is 1.94 bits per heavy atom. The van der Waals surface area contributed by atoms with E-state index in [4.69, 9.17) is 0 Å². The number of hydrogen-bond acceptors (Lipinski definition) is 2. The first-order valence-electron chi connectivity index (χ1n) is 6.86. The highest BCUT2D eigenvalue weighted by molar-refractivity contribution is 5.94. The Morgan fingerprint density at radius 1 is 1.33 bits per heavy atom. The van der Waals surface area contributed by atoms with Crippen LogP contribution in [0, 0.1) is 11.8 Å². The molecule has 0 saturated carbocycles. The normalized spacial score (nSPS) is 17.2. The van der Waals surface area contributed by atoms with Crippen molar-refractivity contribution in [3.8, 4) is 0 Å². The van der Waals surface area contributed by atoms with Crippen molar-refractivity contribution >= 4 is 5.91 Å². The molecule has 0 spiro atoms. The minimum absolute atomic E-state index is 0.153. The lowest BCUT2D eigenvalue weighted by Crippen LogP contribution is -2.38. The van der Waals surface area contributed by atoms with Crippen LogP contribution in [-0.2, 0) is 0 Å². The number of likely N-dealkylation sites (tertiary alicyclic amines) is 1. The molecule has 3 heteroatoms. The molecule has 1 aliphatic heterocycles. The molecule has 3 nitrogen and oxygen atoms in total. The van der Waals surface area contributed by atoms with E-state index in [1.54, 1.807) is 24.5 Å². The molecule has 0 bridgehead atoms. The lowest BCUT2D eigenvalue weighted by molar-refractivity contribution is 0.0681. The molecule has 0 N–H and O–H groups in total. The van der Waals surface area contributed by atoms with Crippen molar-refractivity contribution < 1.29 is 4.79 Å². The Kier molecular flexibility index (Phi) is 4.34. The Hall–Kier alpha value is -1.38. The lowest BCUT2D eigenvalue weighted by Gasteiger charge is -2.32. The van der Waals surface area contributed by atoms with Gasteiger partial charge in [-0.05, 0) is 43.2 Å². The molecule has 1 aromatic rings. The van der Waals surface area contributed by atoms with E-state index in [1.807, 2.05) is 4.90 Å². The van der Waals surface area contributed by atoms with Crippen LogP contribution in [-0.4, -0.2) is 28.9 Å². The number of nitrogens with zero attached hydrogens (tertiary/aromatic N) is 2. The summed E-state index contributed by atoms with van der Waals surface area (Å²) in [6, 6.07) is 3.59. The van der Waals surface area contributed by atoms with Gasteiger partial charge in [-0.2, -0.15) is 0 Å². The highest BCUT2D eigenvalue weighted by atomic mass is 16.2. The summed E-state index contributed by atoms with van der Waals surface area (Å²) in [4.78, 5) is 18.2. The molecule has 2 rings (SSSR count). The Morgan fingerprint density at radius 3 is 2.50 bits per heavy atom. The average molecular weight is 246 g/mol. The maximum absolute atomic E-state index is 12.2. The Balaban J connectivity index is 1.88. The first-order valence-corrected chi connectivity index (χ1v) is 6.86. The molecule has 1 aliphatic rings. The van der Waals surface area contributed by atoms with Crippen LogP contribution in [0.3, 0.4) is 0 Å². The van der Waals surface area contributed by atoms with E-state index in [2.05, 4.69) is 18.8 Å². The quantitative estimate of drug-likeness (QED) is 0.821. The predicted molar refractivity (Wildman–Crippen MR) is 72.3 cm³/mol. The van der Waals surface area contributed by atoms with Gasteiger partial charge in [0.25, 0.3) is 5.91 Å². The van der Waals surface area contributed by atoms with E-state index < -0.39 is 0 Å². The highest BCUT2D eigenvalue weighted by Crippen LogP contribution is 2.24. The fourth-order valence-electron chi connectivity index (χ4n) is 2.72. The van der Waals surface area contributed by atoms with Crippen LogP contribution in [0.1, 0.15) is 43.5 Å². The lowest BCUT2D eigenvalue weighted by atomic mass is 9.88. The van der Waals surface area contributed by atoms with Crippen LogP contribution in [0.4, 0.5) is 0 Å².